The second kappa shape index (κ2) is 9.84. The number of imide groups is 1. The van der Waals surface area contributed by atoms with Crippen molar-refractivity contribution in [2.75, 3.05) is 42.3 Å². The van der Waals surface area contributed by atoms with Gasteiger partial charge in [0.1, 0.15) is 5.75 Å². The summed E-state index contributed by atoms with van der Waals surface area (Å²) in [6.07, 6.45) is 0. The molecule has 0 unspecified atom stereocenters. The number of anilines is 3. The van der Waals surface area contributed by atoms with Gasteiger partial charge in [0.25, 0.3) is 5.91 Å². The average molecular weight is 433 g/mol. The van der Waals surface area contributed by atoms with Crippen LogP contribution in [-0.2, 0) is 9.53 Å². The Morgan fingerprint density at radius 1 is 1.07 bits per heavy atom. The van der Waals surface area contributed by atoms with Gasteiger partial charge in [-0.3, -0.25) is 10.1 Å². The second-order valence-electron chi connectivity index (χ2n) is 6.26. The lowest BCUT2D eigenvalue weighted by molar-refractivity contribution is -0.145. The number of benzene rings is 2. The molecule has 0 aliphatic carbocycles. The fourth-order valence-corrected chi connectivity index (χ4v) is 2.99. The molecular weight excluding hydrogens is 412 g/mol. The summed E-state index contributed by atoms with van der Waals surface area (Å²) >= 11 is 6.11. The summed E-state index contributed by atoms with van der Waals surface area (Å²) in [5.41, 5.74) is 2.41. The first-order valence-corrected chi connectivity index (χ1v) is 9.66. The minimum Gasteiger partial charge on any atom is -0.480 e. The first-order valence-electron chi connectivity index (χ1n) is 9.28. The van der Waals surface area contributed by atoms with E-state index in [0.29, 0.717) is 11.3 Å². The molecule has 158 valence electrons. The number of urea groups is 1. The van der Waals surface area contributed by atoms with Gasteiger partial charge in [0.15, 0.2) is 6.61 Å². The van der Waals surface area contributed by atoms with Crippen LogP contribution in [-0.4, -0.2) is 44.2 Å². The molecule has 0 bridgehead atoms. The molecule has 3 amide bonds. The van der Waals surface area contributed by atoms with E-state index in [-0.39, 0.29) is 24.0 Å². The minimum absolute atomic E-state index is 0.191. The van der Waals surface area contributed by atoms with E-state index in [1.54, 1.807) is 25.1 Å². The molecular formula is C20H21ClN4O5. The van der Waals surface area contributed by atoms with E-state index in [1.807, 2.05) is 0 Å². The van der Waals surface area contributed by atoms with Gasteiger partial charge in [-0.25, -0.2) is 9.59 Å². The van der Waals surface area contributed by atoms with E-state index in [9.17, 15) is 14.4 Å². The summed E-state index contributed by atoms with van der Waals surface area (Å²) in [5.74, 6) is -0.785. The molecule has 2 aromatic carbocycles. The third-order valence-corrected chi connectivity index (χ3v) is 4.40. The van der Waals surface area contributed by atoms with Crippen molar-refractivity contribution in [2.45, 2.75) is 6.92 Å². The Bertz CT molecular complexity index is 966. The molecule has 0 fully saturated rings. The maximum atomic E-state index is 12.3. The summed E-state index contributed by atoms with van der Waals surface area (Å²) in [4.78, 5) is 35.9. The molecule has 0 spiro atoms. The standard InChI is InChI=1S/C20H21ClN4O5/c1-2-29-18(26)11-30-17-6-4-13(10-14(17)21)24-20(28)25-19(27)12-3-5-15-16(9-12)23-8-7-22-15/h3-6,9-10,22-23H,2,7-8,11H2,1H3,(H2,24,25,27,28). The molecule has 1 aliphatic heterocycles. The second-order valence-corrected chi connectivity index (χ2v) is 6.67. The quantitative estimate of drug-likeness (QED) is 0.518. The van der Waals surface area contributed by atoms with Crippen molar-refractivity contribution in [1.29, 1.82) is 0 Å². The number of ether oxygens (including phenoxy) is 2. The molecule has 0 radical (unpaired) electrons. The first kappa shape index (κ1) is 21.3. The zero-order valence-corrected chi connectivity index (χ0v) is 17.0. The lowest BCUT2D eigenvalue weighted by Crippen LogP contribution is -2.34. The Kier molecular flexibility index (Phi) is 6.97. The smallest absolute Gasteiger partial charge is 0.344 e. The van der Waals surface area contributed by atoms with Crippen molar-refractivity contribution >= 4 is 46.6 Å². The van der Waals surface area contributed by atoms with E-state index in [4.69, 9.17) is 21.1 Å². The van der Waals surface area contributed by atoms with Gasteiger partial charge in [-0.2, -0.15) is 0 Å². The summed E-state index contributed by atoms with van der Waals surface area (Å²) in [6.45, 7) is 3.22. The maximum absolute atomic E-state index is 12.3. The van der Waals surface area contributed by atoms with Crippen molar-refractivity contribution in [3.8, 4) is 5.75 Å². The monoisotopic (exact) mass is 432 g/mol. The lowest BCUT2D eigenvalue weighted by Gasteiger charge is -2.20. The molecule has 0 saturated carbocycles. The number of rotatable bonds is 6. The zero-order chi connectivity index (χ0) is 21.5. The number of hydrogen-bond acceptors (Lipinski definition) is 7. The third-order valence-electron chi connectivity index (χ3n) is 4.11. The number of amides is 3. The van der Waals surface area contributed by atoms with Crippen LogP contribution in [0.5, 0.6) is 5.75 Å². The van der Waals surface area contributed by atoms with Crippen molar-refractivity contribution in [3.05, 3.63) is 47.0 Å². The molecule has 0 atom stereocenters. The maximum Gasteiger partial charge on any atom is 0.344 e. The van der Waals surface area contributed by atoms with Crippen LogP contribution in [0.15, 0.2) is 36.4 Å². The fourth-order valence-electron chi connectivity index (χ4n) is 2.75. The SMILES string of the molecule is CCOC(=O)COc1ccc(NC(=O)NC(=O)c2ccc3c(c2)NCCN3)cc1Cl. The van der Waals surface area contributed by atoms with Crippen LogP contribution in [0, 0.1) is 0 Å². The van der Waals surface area contributed by atoms with Crippen LogP contribution in [0.3, 0.4) is 0 Å². The highest BCUT2D eigenvalue weighted by Crippen LogP contribution is 2.28. The third kappa shape index (κ3) is 5.54. The highest BCUT2D eigenvalue weighted by atomic mass is 35.5. The zero-order valence-electron chi connectivity index (χ0n) is 16.2. The van der Waals surface area contributed by atoms with E-state index in [1.165, 1.54) is 18.2 Å². The fraction of sp³-hybridized carbons (Fsp3) is 0.250. The van der Waals surface area contributed by atoms with Gasteiger partial charge in [-0.1, -0.05) is 11.6 Å². The molecule has 1 aliphatic rings. The Labute approximate surface area is 178 Å². The molecule has 1 heterocycles. The molecule has 0 aromatic heterocycles. The molecule has 9 nitrogen and oxygen atoms in total. The highest BCUT2D eigenvalue weighted by Gasteiger charge is 2.15. The largest absolute Gasteiger partial charge is 0.480 e. The normalized spacial score (nSPS) is 11.9. The molecule has 2 aromatic rings. The molecule has 30 heavy (non-hydrogen) atoms. The van der Waals surface area contributed by atoms with Crippen molar-refractivity contribution in [3.63, 3.8) is 0 Å². The van der Waals surface area contributed by atoms with Gasteiger partial charge in [0.05, 0.1) is 23.0 Å². The number of carbonyl (C=O) groups is 3. The predicted molar refractivity (Wildman–Crippen MR) is 113 cm³/mol. The lowest BCUT2D eigenvalue weighted by atomic mass is 10.1. The van der Waals surface area contributed by atoms with E-state index < -0.39 is 17.9 Å². The number of hydrogen-bond donors (Lipinski definition) is 4. The van der Waals surface area contributed by atoms with Gasteiger partial charge in [0, 0.05) is 24.3 Å². The Hall–Kier alpha value is -3.46. The highest BCUT2D eigenvalue weighted by molar-refractivity contribution is 6.32. The van der Waals surface area contributed by atoms with Gasteiger partial charge in [0.2, 0.25) is 0 Å². The Balaban J connectivity index is 1.56. The Morgan fingerprint density at radius 2 is 1.83 bits per heavy atom. The van der Waals surface area contributed by atoms with Gasteiger partial charge >= 0.3 is 12.0 Å². The van der Waals surface area contributed by atoms with Crippen molar-refractivity contribution in [1.82, 2.24) is 5.32 Å². The number of nitrogens with one attached hydrogen (secondary N) is 4. The summed E-state index contributed by atoms with van der Waals surface area (Å²) < 4.78 is 10.1. The number of carbonyl (C=O) groups excluding carboxylic acids is 3. The van der Waals surface area contributed by atoms with E-state index in [0.717, 1.165) is 24.5 Å². The summed E-state index contributed by atoms with van der Waals surface area (Å²) in [6, 6.07) is 8.86. The number of halogens is 1. The Morgan fingerprint density at radius 3 is 2.57 bits per heavy atom. The van der Waals surface area contributed by atoms with Crippen LogP contribution in [0.4, 0.5) is 21.9 Å². The first-order chi connectivity index (χ1) is 14.5. The summed E-state index contributed by atoms with van der Waals surface area (Å²) in [7, 11) is 0. The van der Waals surface area contributed by atoms with Crippen LogP contribution in [0.25, 0.3) is 0 Å². The van der Waals surface area contributed by atoms with E-state index in [2.05, 4.69) is 21.3 Å². The van der Waals surface area contributed by atoms with Gasteiger partial charge in [-0.15, -0.1) is 0 Å². The minimum atomic E-state index is -0.708. The molecule has 4 N–H and O–H groups in total. The van der Waals surface area contributed by atoms with Crippen LogP contribution < -0.4 is 26.0 Å². The van der Waals surface area contributed by atoms with Crippen molar-refractivity contribution < 1.29 is 23.9 Å². The summed E-state index contributed by atoms with van der Waals surface area (Å²) in [5, 5.41) is 11.4. The van der Waals surface area contributed by atoms with Gasteiger partial charge in [-0.05, 0) is 43.3 Å². The van der Waals surface area contributed by atoms with Gasteiger partial charge < -0.3 is 25.4 Å². The molecule has 0 saturated heterocycles. The molecule has 10 heteroatoms. The van der Waals surface area contributed by atoms with Crippen molar-refractivity contribution in [2.24, 2.45) is 0 Å². The number of fused-ring (bicyclic) bond motifs is 1. The van der Waals surface area contributed by atoms with E-state index >= 15 is 0 Å². The predicted octanol–water partition coefficient (Wildman–Crippen LogP) is 3.08. The van der Waals surface area contributed by atoms with Crippen LogP contribution in [0.2, 0.25) is 5.02 Å². The topological polar surface area (TPSA) is 118 Å². The molecule has 3 rings (SSSR count). The van der Waals surface area contributed by atoms with Crippen LogP contribution >= 0.6 is 11.6 Å². The van der Waals surface area contributed by atoms with Crippen LogP contribution in [0.1, 0.15) is 17.3 Å². The average Bonchev–Trinajstić information content (AvgIpc) is 2.73. The number of esters is 1.